The van der Waals surface area contributed by atoms with Crippen LogP contribution in [0.4, 0.5) is 0 Å². The highest BCUT2D eigenvalue weighted by Crippen LogP contribution is 2.36. The second-order valence-electron chi connectivity index (χ2n) is 7.56. The maximum atomic E-state index is 12.0. The van der Waals surface area contributed by atoms with E-state index in [1.165, 1.54) is 0 Å². The van der Waals surface area contributed by atoms with Crippen molar-refractivity contribution >= 4 is 11.8 Å². The van der Waals surface area contributed by atoms with E-state index in [4.69, 9.17) is 0 Å². The minimum atomic E-state index is -0.476. The summed E-state index contributed by atoms with van der Waals surface area (Å²) >= 11 is 0. The van der Waals surface area contributed by atoms with E-state index in [2.05, 4.69) is 24.5 Å². The predicted octanol–water partition coefficient (Wildman–Crippen LogP) is 2.23. The van der Waals surface area contributed by atoms with Crippen LogP contribution in [0.25, 0.3) is 0 Å². The Morgan fingerprint density at radius 3 is 2.26 bits per heavy atom. The van der Waals surface area contributed by atoms with Crippen LogP contribution < -0.4 is 10.6 Å². The van der Waals surface area contributed by atoms with Crippen LogP contribution in [0.3, 0.4) is 0 Å². The molecule has 0 radical (unpaired) electrons. The standard InChI is InChI=1S/C15H28N2O2/c1-10(16-13(19)14(2,3)4)12(18)17-11-7-8-15(5,6)9-11/h10-11H,7-9H2,1-6H3,(H,16,19)(H,17,18). The summed E-state index contributed by atoms with van der Waals surface area (Å²) in [5.74, 6) is -0.179. The molecule has 2 amide bonds. The van der Waals surface area contributed by atoms with E-state index in [1.807, 2.05) is 20.8 Å². The lowest BCUT2D eigenvalue weighted by Crippen LogP contribution is -2.50. The zero-order valence-corrected chi connectivity index (χ0v) is 13.1. The van der Waals surface area contributed by atoms with Crippen LogP contribution >= 0.6 is 0 Å². The Labute approximate surface area is 116 Å². The van der Waals surface area contributed by atoms with Crippen molar-refractivity contribution in [3.63, 3.8) is 0 Å². The molecule has 0 spiro atoms. The molecule has 0 aromatic heterocycles. The lowest BCUT2D eigenvalue weighted by atomic mass is 9.92. The lowest BCUT2D eigenvalue weighted by molar-refractivity contribution is -0.133. The third kappa shape index (κ3) is 4.84. The summed E-state index contributed by atoms with van der Waals surface area (Å²) < 4.78 is 0. The summed E-state index contributed by atoms with van der Waals surface area (Å²) in [6.07, 6.45) is 3.18. The number of nitrogens with one attached hydrogen (secondary N) is 2. The predicted molar refractivity (Wildman–Crippen MR) is 76.6 cm³/mol. The van der Waals surface area contributed by atoms with Gasteiger partial charge in [-0.05, 0) is 31.6 Å². The van der Waals surface area contributed by atoms with E-state index in [-0.39, 0.29) is 17.9 Å². The van der Waals surface area contributed by atoms with Crippen molar-refractivity contribution in [2.75, 3.05) is 0 Å². The summed E-state index contributed by atoms with van der Waals surface area (Å²) in [6, 6.07) is -0.230. The Hall–Kier alpha value is -1.06. The van der Waals surface area contributed by atoms with E-state index >= 15 is 0 Å². The third-order valence-electron chi connectivity index (χ3n) is 3.74. The SMILES string of the molecule is CC(NC(=O)C(C)(C)C)C(=O)NC1CCC(C)(C)C1. The monoisotopic (exact) mass is 268 g/mol. The molecule has 2 unspecified atom stereocenters. The summed E-state index contributed by atoms with van der Waals surface area (Å²) in [7, 11) is 0. The minimum absolute atomic E-state index is 0.0831. The number of carbonyl (C=O) groups is 2. The highest BCUT2D eigenvalue weighted by atomic mass is 16.2. The van der Waals surface area contributed by atoms with Crippen LogP contribution in [0, 0.1) is 10.8 Å². The Balaban J connectivity index is 2.44. The summed E-state index contributed by atoms with van der Waals surface area (Å²) in [6.45, 7) is 11.7. The van der Waals surface area contributed by atoms with Gasteiger partial charge < -0.3 is 10.6 Å². The number of carbonyl (C=O) groups excluding carboxylic acids is 2. The highest BCUT2D eigenvalue weighted by molar-refractivity contribution is 5.89. The molecule has 2 atom stereocenters. The minimum Gasteiger partial charge on any atom is -0.352 e. The quantitative estimate of drug-likeness (QED) is 0.824. The molecule has 0 aromatic carbocycles. The maximum Gasteiger partial charge on any atom is 0.242 e. The fraction of sp³-hybridized carbons (Fsp3) is 0.867. The van der Waals surface area contributed by atoms with Crippen molar-refractivity contribution in [2.24, 2.45) is 10.8 Å². The average Bonchev–Trinajstić information content (AvgIpc) is 2.56. The van der Waals surface area contributed by atoms with E-state index in [0.717, 1.165) is 19.3 Å². The highest BCUT2D eigenvalue weighted by Gasteiger charge is 2.33. The molecular weight excluding hydrogens is 240 g/mol. The summed E-state index contributed by atoms with van der Waals surface area (Å²) in [4.78, 5) is 23.9. The fourth-order valence-electron chi connectivity index (χ4n) is 2.36. The zero-order valence-electron chi connectivity index (χ0n) is 13.1. The van der Waals surface area contributed by atoms with E-state index in [0.29, 0.717) is 5.41 Å². The molecule has 1 rings (SSSR count). The van der Waals surface area contributed by atoms with Crippen LogP contribution in [-0.4, -0.2) is 23.9 Å². The van der Waals surface area contributed by atoms with Gasteiger partial charge in [0.05, 0.1) is 0 Å². The third-order valence-corrected chi connectivity index (χ3v) is 3.74. The van der Waals surface area contributed by atoms with E-state index in [9.17, 15) is 9.59 Å². The van der Waals surface area contributed by atoms with Gasteiger partial charge in [0.15, 0.2) is 0 Å². The van der Waals surface area contributed by atoms with E-state index in [1.54, 1.807) is 6.92 Å². The van der Waals surface area contributed by atoms with Crippen LogP contribution in [-0.2, 0) is 9.59 Å². The fourth-order valence-corrected chi connectivity index (χ4v) is 2.36. The van der Waals surface area contributed by atoms with Gasteiger partial charge in [-0.25, -0.2) is 0 Å². The molecule has 110 valence electrons. The molecule has 1 aliphatic rings. The molecule has 1 fully saturated rings. The topological polar surface area (TPSA) is 58.2 Å². The van der Waals surface area contributed by atoms with Gasteiger partial charge in [-0.15, -0.1) is 0 Å². The number of hydrogen-bond acceptors (Lipinski definition) is 2. The molecule has 4 heteroatoms. The van der Waals surface area contributed by atoms with Crippen molar-refractivity contribution in [1.82, 2.24) is 10.6 Å². The average molecular weight is 268 g/mol. The van der Waals surface area contributed by atoms with Gasteiger partial charge in [0.2, 0.25) is 11.8 Å². The zero-order chi connectivity index (χ0) is 14.8. The Kier molecular flexibility index (Phi) is 4.64. The molecule has 0 heterocycles. The molecule has 0 bridgehead atoms. The van der Waals surface area contributed by atoms with Crippen LogP contribution in [0.5, 0.6) is 0 Å². The maximum absolute atomic E-state index is 12.0. The van der Waals surface area contributed by atoms with Crippen LogP contribution in [0.15, 0.2) is 0 Å². The van der Waals surface area contributed by atoms with Crippen LogP contribution in [0.1, 0.15) is 60.8 Å². The molecule has 19 heavy (non-hydrogen) atoms. The summed E-state index contributed by atoms with van der Waals surface area (Å²) in [5, 5.41) is 5.80. The van der Waals surface area contributed by atoms with E-state index < -0.39 is 11.5 Å². The molecular formula is C15H28N2O2. The van der Waals surface area contributed by atoms with Crippen molar-refractivity contribution in [3.8, 4) is 0 Å². The molecule has 2 N–H and O–H groups in total. The first-order chi connectivity index (χ1) is 8.51. The molecule has 1 saturated carbocycles. The smallest absolute Gasteiger partial charge is 0.242 e. The number of amides is 2. The molecule has 1 aliphatic carbocycles. The second kappa shape index (κ2) is 5.51. The molecule has 4 nitrogen and oxygen atoms in total. The van der Waals surface area contributed by atoms with Gasteiger partial charge in [0.1, 0.15) is 6.04 Å². The summed E-state index contributed by atoms with van der Waals surface area (Å²) in [5.41, 5.74) is -0.153. The van der Waals surface area contributed by atoms with Crippen LogP contribution in [0.2, 0.25) is 0 Å². The molecule has 0 aliphatic heterocycles. The van der Waals surface area contributed by atoms with Gasteiger partial charge in [0, 0.05) is 11.5 Å². The van der Waals surface area contributed by atoms with Gasteiger partial charge in [-0.3, -0.25) is 9.59 Å². The first-order valence-corrected chi connectivity index (χ1v) is 7.13. The Morgan fingerprint density at radius 1 is 1.26 bits per heavy atom. The number of hydrogen-bond donors (Lipinski definition) is 2. The molecule has 0 aromatic rings. The van der Waals surface area contributed by atoms with Gasteiger partial charge in [0.25, 0.3) is 0 Å². The first kappa shape index (κ1) is 16.0. The lowest BCUT2D eigenvalue weighted by Gasteiger charge is -2.23. The van der Waals surface area contributed by atoms with Gasteiger partial charge in [-0.2, -0.15) is 0 Å². The second-order valence-corrected chi connectivity index (χ2v) is 7.56. The first-order valence-electron chi connectivity index (χ1n) is 7.13. The van der Waals surface area contributed by atoms with Gasteiger partial charge >= 0.3 is 0 Å². The molecule has 0 saturated heterocycles. The van der Waals surface area contributed by atoms with Crippen molar-refractivity contribution < 1.29 is 9.59 Å². The van der Waals surface area contributed by atoms with Crippen molar-refractivity contribution in [1.29, 1.82) is 0 Å². The van der Waals surface area contributed by atoms with Crippen molar-refractivity contribution in [3.05, 3.63) is 0 Å². The van der Waals surface area contributed by atoms with Gasteiger partial charge in [-0.1, -0.05) is 34.6 Å². The number of rotatable bonds is 3. The Morgan fingerprint density at radius 2 is 1.84 bits per heavy atom. The Bertz CT molecular complexity index is 356. The normalized spacial score (nSPS) is 23.8. The largest absolute Gasteiger partial charge is 0.352 e. The van der Waals surface area contributed by atoms with Crippen molar-refractivity contribution in [2.45, 2.75) is 72.9 Å².